The van der Waals surface area contributed by atoms with Crippen LogP contribution in [0.2, 0.25) is 0 Å². The number of nitrogens with one attached hydrogen (secondary N) is 2. The van der Waals surface area contributed by atoms with Gasteiger partial charge in [0, 0.05) is 62.6 Å². The molecule has 212 valence electrons. The van der Waals surface area contributed by atoms with Gasteiger partial charge in [0.15, 0.2) is 0 Å². The molecule has 0 saturated carbocycles. The van der Waals surface area contributed by atoms with Gasteiger partial charge in [0.25, 0.3) is 0 Å². The largest absolute Gasteiger partial charge is 0.381 e. The van der Waals surface area contributed by atoms with Gasteiger partial charge in [-0.15, -0.1) is 0 Å². The molecule has 0 bridgehead atoms. The van der Waals surface area contributed by atoms with E-state index in [4.69, 9.17) is 9.97 Å². The normalized spacial score (nSPS) is 17.1. The van der Waals surface area contributed by atoms with E-state index in [0.29, 0.717) is 5.92 Å². The van der Waals surface area contributed by atoms with Crippen molar-refractivity contribution < 1.29 is 0 Å². The van der Waals surface area contributed by atoms with E-state index in [-0.39, 0.29) is 0 Å². The van der Waals surface area contributed by atoms with Gasteiger partial charge < -0.3 is 20.4 Å². The Morgan fingerprint density at radius 1 is 0.854 bits per heavy atom. The predicted molar refractivity (Wildman–Crippen MR) is 170 cm³/mol. The number of hydrogen-bond donors (Lipinski definition) is 2. The molecule has 0 amide bonds. The number of fused-ring (bicyclic) bond motifs is 3. The summed E-state index contributed by atoms with van der Waals surface area (Å²) in [5.41, 5.74) is 10.00. The topological polar surface area (TPSA) is 56.3 Å². The van der Waals surface area contributed by atoms with Gasteiger partial charge in [-0.2, -0.15) is 0 Å². The molecule has 1 aromatic heterocycles. The van der Waals surface area contributed by atoms with Crippen LogP contribution in [-0.4, -0.2) is 66.1 Å². The molecule has 1 unspecified atom stereocenters. The number of hydrogen-bond acceptors (Lipinski definition) is 6. The highest BCUT2D eigenvalue weighted by molar-refractivity contribution is 5.72. The van der Waals surface area contributed by atoms with E-state index >= 15 is 0 Å². The lowest BCUT2D eigenvalue weighted by Crippen LogP contribution is -2.44. The second-order valence-corrected chi connectivity index (χ2v) is 11.5. The van der Waals surface area contributed by atoms with E-state index in [2.05, 4.69) is 107 Å². The molecule has 0 radical (unpaired) electrons. The van der Waals surface area contributed by atoms with Crippen LogP contribution in [0, 0.1) is 0 Å². The number of aryl methyl sites for hydroxylation is 1. The molecule has 2 aliphatic rings. The summed E-state index contributed by atoms with van der Waals surface area (Å²) in [5.74, 6) is 1.02. The highest BCUT2D eigenvalue weighted by atomic mass is 15.2. The van der Waals surface area contributed by atoms with Crippen molar-refractivity contribution in [1.29, 1.82) is 0 Å². The van der Waals surface area contributed by atoms with Crippen LogP contribution >= 0.6 is 0 Å². The van der Waals surface area contributed by atoms with Crippen molar-refractivity contribution in [3.05, 3.63) is 107 Å². The molecule has 1 aliphatic carbocycles. The molecule has 2 N–H and O–H groups in total. The van der Waals surface area contributed by atoms with Gasteiger partial charge in [0.1, 0.15) is 0 Å². The van der Waals surface area contributed by atoms with Crippen LogP contribution < -0.4 is 10.6 Å². The smallest absolute Gasteiger partial charge is 0.223 e. The lowest BCUT2D eigenvalue weighted by atomic mass is 9.78. The average molecular weight is 547 g/mol. The number of nitrogens with zero attached hydrogens (tertiary/aromatic N) is 4. The quantitative estimate of drug-likeness (QED) is 0.236. The third-order valence-corrected chi connectivity index (χ3v) is 8.65. The maximum Gasteiger partial charge on any atom is 0.223 e. The van der Waals surface area contributed by atoms with Crippen molar-refractivity contribution in [3.8, 4) is 11.3 Å². The van der Waals surface area contributed by atoms with E-state index in [1.54, 1.807) is 0 Å². The average Bonchev–Trinajstić information content (AvgIpc) is 3.03. The van der Waals surface area contributed by atoms with Crippen molar-refractivity contribution in [2.45, 2.75) is 38.6 Å². The molecule has 1 aliphatic heterocycles. The Bertz CT molecular complexity index is 1420. The molecular weight excluding hydrogens is 504 g/mol. The molecular formula is C35H42N6. The van der Waals surface area contributed by atoms with Crippen LogP contribution in [0.25, 0.3) is 11.3 Å². The van der Waals surface area contributed by atoms with E-state index < -0.39 is 0 Å². The van der Waals surface area contributed by atoms with Gasteiger partial charge in [0.2, 0.25) is 5.95 Å². The summed E-state index contributed by atoms with van der Waals surface area (Å²) < 4.78 is 0. The Kier molecular flexibility index (Phi) is 8.59. The lowest BCUT2D eigenvalue weighted by molar-refractivity contribution is 0.154. The van der Waals surface area contributed by atoms with Crippen LogP contribution in [0.15, 0.2) is 79.0 Å². The first-order valence-corrected chi connectivity index (χ1v) is 15.2. The monoisotopic (exact) mass is 546 g/mol. The van der Waals surface area contributed by atoms with Gasteiger partial charge in [-0.1, -0.05) is 67.6 Å². The van der Waals surface area contributed by atoms with E-state index in [1.807, 2.05) is 6.20 Å². The minimum Gasteiger partial charge on any atom is -0.381 e. The molecule has 41 heavy (non-hydrogen) atoms. The molecule has 1 saturated heterocycles. The van der Waals surface area contributed by atoms with Gasteiger partial charge in [-0.25, -0.2) is 9.97 Å². The van der Waals surface area contributed by atoms with Crippen LogP contribution in [0.5, 0.6) is 0 Å². The van der Waals surface area contributed by atoms with Crippen molar-refractivity contribution in [1.82, 2.24) is 19.8 Å². The van der Waals surface area contributed by atoms with Crippen LogP contribution in [-0.2, 0) is 19.4 Å². The zero-order valence-electron chi connectivity index (χ0n) is 24.4. The fourth-order valence-corrected chi connectivity index (χ4v) is 6.02. The standard InChI is InChI=1S/C35H42N6/c1-3-26-9-11-27(12-10-26)24-37-30-15-13-28(14-16-30)33-23-29-25-38-35(39-34(29)32-8-5-4-7-31(32)33)36-17-6-18-41-21-19-40(2)20-22-41/h4-5,7-16,25,33,37H,3,6,17-24H2,1-2H3,(H,36,38,39). The molecule has 2 heterocycles. The van der Waals surface area contributed by atoms with Crippen LogP contribution in [0.1, 0.15) is 47.1 Å². The summed E-state index contributed by atoms with van der Waals surface area (Å²) in [7, 11) is 2.20. The molecule has 6 rings (SSSR count). The minimum atomic E-state index is 0.292. The first-order valence-electron chi connectivity index (χ1n) is 15.2. The summed E-state index contributed by atoms with van der Waals surface area (Å²) in [4.78, 5) is 14.7. The fraction of sp³-hybridized carbons (Fsp3) is 0.371. The second-order valence-electron chi connectivity index (χ2n) is 11.5. The van der Waals surface area contributed by atoms with Crippen molar-refractivity contribution in [2.24, 2.45) is 0 Å². The van der Waals surface area contributed by atoms with Crippen LogP contribution in [0.3, 0.4) is 0 Å². The zero-order valence-corrected chi connectivity index (χ0v) is 24.4. The highest BCUT2D eigenvalue weighted by Gasteiger charge is 2.27. The number of likely N-dealkylation sites (N-methyl/N-ethyl adjacent to an activating group) is 1. The molecule has 3 aromatic carbocycles. The second kappa shape index (κ2) is 12.8. The van der Waals surface area contributed by atoms with Gasteiger partial charge in [-0.05, 0) is 72.8 Å². The molecule has 6 heteroatoms. The van der Waals surface area contributed by atoms with Gasteiger partial charge in [0.05, 0.1) is 5.69 Å². The fourth-order valence-electron chi connectivity index (χ4n) is 6.02. The Labute approximate surface area is 244 Å². The Hall–Kier alpha value is -3.74. The minimum absolute atomic E-state index is 0.292. The van der Waals surface area contributed by atoms with E-state index in [9.17, 15) is 0 Å². The Morgan fingerprint density at radius 3 is 2.39 bits per heavy atom. The van der Waals surface area contributed by atoms with Crippen LogP contribution in [0.4, 0.5) is 11.6 Å². The summed E-state index contributed by atoms with van der Waals surface area (Å²) in [6, 6.07) is 26.6. The van der Waals surface area contributed by atoms with Gasteiger partial charge in [-0.3, -0.25) is 0 Å². The number of anilines is 2. The Morgan fingerprint density at radius 2 is 1.61 bits per heavy atom. The highest BCUT2D eigenvalue weighted by Crippen LogP contribution is 2.42. The third kappa shape index (κ3) is 6.61. The summed E-state index contributed by atoms with van der Waals surface area (Å²) in [5, 5.41) is 7.07. The zero-order chi connectivity index (χ0) is 28.0. The summed E-state index contributed by atoms with van der Waals surface area (Å²) in [6.45, 7) is 9.68. The summed E-state index contributed by atoms with van der Waals surface area (Å²) in [6.07, 6.45) is 5.12. The van der Waals surface area contributed by atoms with E-state index in [1.165, 1.54) is 33.4 Å². The number of piperazine rings is 1. The number of aromatic nitrogens is 2. The number of rotatable bonds is 10. The number of benzene rings is 3. The maximum absolute atomic E-state index is 5.00. The maximum atomic E-state index is 5.00. The summed E-state index contributed by atoms with van der Waals surface area (Å²) >= 11 is 0. The molecule has 6 nitrogen and oxygen atoms in total. The molecule has 0 spiro atoms. The SMILES string of the molecule is CCc1ccc(CNc2ccc(C3Cc4cnc(NCCCN5CCN(C)CC5)nc4-c4ccccc43)cc2)cc1. The molecule has 1 atom stereocenters. The Balaban J connectivity index is 1.10. The van der Waals surface area contributed by atoms with E-state index in [0.717, 1.165) is 82.4 Å². The molecule has 1 fully saturated rings. The third-order valence-electron chi connectivity index (χ3n) is 8.65. The first kappa shape index (κ1) is 27.4. The lowest BCUT2D eigenvalue weighted by Gasteiger charge is -2.32. The van der Waals surface area contributed by atoms with Gasteiger partial charge >= 0.3 is 0 Å². The first-order chi connectivity index (χ1) is 20.2. The van der Waals surface area contributed by atoms with Crippen molar-refractivity contribution in [2.75, 3.05) is 56.9 Å². The predicted octanol–water partition coefficient (Wildman–Crippen LogP) is 6.06. The van der Waals surface area contributed by atoms with Crippen molar-refractivity contribution >= 4 is 11.6 Å². The van der Waals surface area contributed by atoms with Crippen molar-refractivity contribution in [3.63, 3.8) is 0 Å². The molecule has 4 aromatic rings.